The maximum Gasteiger partial charge on any atom is 0.287 e. The molecule has 0 aliphatic carbocycles. The first kappa shape index (κ1) is 20.3. The van der Waals surface area contributed by atoms with Crippen LogP contribution in [-0.2, 0) is 4.79 Å². The van der Waals surface area contributed by atoms with Crippen LogP contribution in [-0.4, -0.2) is 35.8 Å². The minimum absolute atomic E-state index is 0.0248. The van der Waals surface area contributed by atoms with Gasteiger partial charge in [-0.1, -0.05) is 30.8 Å². The highest BCUT2D eigenvalue weighted by Crippen LogP contribution is 2.37. The van der Waals surface area contributed by atoms with E-state index in [4.69, 9.17) is 4.42 Å². The molecule has 0 saturated carbocycles. The number of furan rings is 1. The minimum Gasteiger partial charge on any atom is -0.451 e. The lowest BCUT2D eigenvalue weighted by Crippen LogP contribution is -2.51. The van der Waals surface area contributed by atoms with E-state index in [0.717, 1.165) is 23.8 Å². The summed E-state index contributed by atoms with van der Waals surface area (Å²) in [6.45, 7) is 5.01. The highest BCUT2D eigenvalue weighted by atomic mass is 19.1. The van der Waals surface area contributed by atoms with Gasteiger partial charge in [0.2, 0.25) is 5.91 Å². The molecule has 5 rings (SSSR count). The van der Waals surface area contributed by atoms with E-state index in [2.05, 4.69) is 17.2 Å². The number of para-hydroxylation sites is 1. The van der Waals surface area contributed by atoms with Crippen LogP contribution in [0.5, 0.6) is 0 Å². The molecule has 2 aliphatic heterocycles. The summed E-state index contributed by atoms with van der Waals surface area (Å²) < 4.78 is 19.3. The largest absolute Gasteiger partial charge is 0.451 e. The van der Waals surface area contributed by atoms with Gasteiger partial charge in [-0.2, -0.15) is 0 Å². The minimum atomic E-state index is -0.413. The summed E-state index contributed by atoms with van der Waals surface area (Å²) in [6.07, 6.45) is 2.04. The molecule has 7 heteroatoms. The standard InChI is InChI=1S/C25H24FN3O3/c1-15-11-20(19-9-8-17(26)13-21(19)27-15)25(31)29-10-4-6-18(14-29)28-24(30)23-12-16-5-2-3-7-22(16)32-23/h2-3,5,7-9,12-13,18,20,27H,1,4,6,10-11,14H2,(H,28,30)/t18-,20-/m0/s1. The molecule has 2 aromatic carbocycles. The Hall–Kier alpha value is -3.61. The summed E-state index contributed by atoms with van der Waals surface area (Å²) in [5.41, 5.74) is 2.72. The number of nitrogens with zero attached hydrogens (tertiary/aromatic N) is 1. The van der Waals surface area contributed by atoms with Gasteiger partial charge in [-0.05, 0) is 42.7 Å². The predicted octanol–water partition coefficient (Wildman–Crippen LogP) is 4.41. The second-order valence-corrected chi connectivity index (χ2v) is 8.46. The molecule has 3 heterocycles. The topological polar surface area (TPSA) is 74.6 Å². The van der Waals surface area contributed by atoms with Gasteiger partial charge in [0.05, 0.1) is 5.92 Å². The highest BCUT2D eigenvalue weighted by Gasteiger charge is 2.34. The Balaban J connectivity index is 1.29. The van der Waals surface area contributed by atoms with Gasteiger partial charge in [0.1, 0.15) is 11.4 Å². The number of likely N-dealkylation sites (tertiary alicyclic amines) is 1. The van der Waals surface area contributed by atoms with Crippen molar-refractivity contribution >= 4 is 28.5 Å². The third-order valence-electron chi connectivity index (χ3n) is 6.17. The maximum atomic E-state index is 13.7. The van der Waals surface area contributed by atoms with Crippen molar-refractivity contribution in [1.29, 1.82) is 0 Å². The highest BCUT2D eigenvalue weighted by molar-refractivity contribution is 5.96. The summed E-state index contributed by atoms with van der Waals surface area (Å²) >= 11 is 0. The van der Waals surface area contributed by atoms with Crippen LogP contribution in [0.4, 0.5) is 10.1 Å². The summed E-state index contributed by atoms with van der Waals surface area (Å²) in [4.78, 5) is 27.9. The van der Waals surface area contributed by atoms with E-state index < -0.39 is 5.92 Å². The van der Waals surface area contributed by atoms with Gasteiger partial charge in [-0.25, -0.2) is 4.39 Å². The van der Waals surface area contributed by atoms with Crippen LogP contribution in [0.1, 0.15) is 41.3 Å². The number of halogens is 1. The van der Waals surface area contributed by atoms with Crippen LogP contribution in [0.2, 0.25) is 0 Å². The molecule has 1 saturated heterocycles. The quantitative estimate of drug-likeness (QED) is 0.642. The Morgan fingerprint density at radius 2 is 2.03 bits per heavy atom. The Bertz CT molecular complexity index is 1190. The number of carbonyl (C=O) groups excluding carboxylic acids is 2. The average molecular weight is 433 g/mol. The number of fused-ring (bicyclic) bond motifs is 2. The van der Waals surface area contributed by atoms with E-state index in [1.54, 1.807) is 17.0 Å². The molecule has 0 spiro atoms. The predicted molar refractivity (Wildman–Crippen MR) is 120 cm³/mol. The fourth-order valence-electron chi connectivity index (χ4n) is 4.62. The molecule has 1 aromatic heterocycles. The molecule has 2 amide bonds. The Kier molecular flexibility index (Phi) is 5.17. The molecule has 164 valence electrons. The molecule has 3 aromatic rings. The summed E-state index contributed by atoms with van der Waals surface area (Å²) in [5, 5.41) is 6.97. The van der Waals surface area contributed by atoms with E-state index in [9.17, 15) is 14.0 Å². The SMILES string of the molecule is C=C1C[C@H](C(=O)N2CCC[C@H](NC(=O)c3cc4ccccc4o3)C2)c2ccc(F)cc2N1. The van der Waals surface area contributed by atoms with Crippen LogP contribution in [0.25, 0.3) is 11.0 Å². The molecule has 2 atom stereocenters. The summed E-state index contributed by atoms with van der Waals surface area (Å²) in [6, 6.07) is 13.5. The molecule has 0 unspecified atom stereocenters. The number of hydrogen-bond donors (Lipinski definition) is 2. The second kappa shape index (κ2) is 8.15. The summed E-state index contributed by atoms with van der Waals surface area (Å²) in [7, 11) is 0. The van der Waals surface area contributed by atoms with Crippen LogP contribution < -0.4 is 10.6 Å². The fraction of sp³-hybridized carbons (Fsp3) is 0.280. The number of carbonyl (C=O) groups is 2. The van der Waals surface area contributed by atoms with E-state index in [0.29, 0.717) is 36.5 Å². The van der Waals surface area contributed by atoms with E-state index in [-0.39, 0.29) is 29.4 Å². The first-order valence-corrected chi connectivity index (χ1v) is 10.8. The molecule has 0 bridgehead atoms. The molecule has 1 fully saturated rings. The molecular weight excluding hydrogens is 409 g/mol. The van der Waals surface area contributed by atoms with Crippen molar-refractivity contribution in [3.05, 3.63) is 77.9 Å². The average Bonchev–Trinajstić information content (AvgIpc) is 3.22. The lowest BCUT2D eigenvalue weighted by Gasteiger charge is -2.37. The molecule has 32 heavy (non-hydrogen) atoms. The normalized spacial score (nSPS) is 20.5. The van der Waals surface area contributed by atoms with Gasteiger partial charge in [-0.15, -0.1) is 0 Å². The monoisotopic (exact) mass is 433 g/mol. The number of benzene rings is 2. The smallest absolute Gasteiger partial charge is 0.287 e. The first-order chi connectivity index (χ1) is 15.5. The molecule has 6 nitrogen and oxygen atoms in total. The first-order valence-electron chi connectivity index (χ1n) is 10.8. The zero-order valence-electron chi connectivity index (χ0n) is 17.6. The third kappa shape index (κ3) is 3.86. The number of nitrogens with one attached hydrogen (secondary N) is 2. The van der Waals surface area contributed by atoms with Crippen LogP contribution in [0.3, 0.4) is 0 Å². The third-order valence-corrected chi connectivity index (χ3v) is 6.17. The number of rotatable bonds is 3. The van der Waals surface area contributed by atoms with Crippen LogP contribution >= 0.6 is 0 Å². The van der Waals surface area contributed by atoms with Crippen molar-refractivity contribution < 1.29 is 18.4 Å². The van der Waals surface area contributed by atoms with Gasteiger partial charge in [0.15, 0.2) is 5.76 Å². The maximum absolute atomic E-state index is 13.7. The number of amides is 2. The number of hydrogen-bond acceptors (Lipinski definition) is 4. The number of piperidine rings is 1. The fourth-order valence-corrected chi connectivity index (χ4v) is 4.62. The van der Waals surface area contributed by atoms with Crippen molar-refractivity contribution in [2.24, 2.45) is 0 Å². The van der Waals surface area contributed by atoms with Crippen molar-refractivity contribution in [2.75, 3.05) is 18.4 Å². The molecule has 0 radical (unpaired) electrons. The zero-order valence-corrected chi connectivity index (χ0v) is 17.6. The zero-order chi connectivity index (χ0) is 22.2. The van der Waals surface area contributed by atoms with Gasteiger partial charge in [0, 0.05) is 42.3 Å². The number of allylic oxidation sites excluding steroid dienone is 1. The van der Waals surface area contributed by atoms with Gasteiger partial charge in [-0.3, -0.25) is 9.59 Å². The van der Waals surface area contributed by atoms with Crippen LogP contribution in [0, 0.1) is 5.82 Å². The van der Waals surface area contributed by atoms with Crippen molar-refractivity contribution in [2.45, 2.75) is 31.2 Å². The van der Waals surface area contributed by atoms with Gasteiger partial charge in [0.25, 0.3) is 5.91 Å². The molecule has 2 aliphatic rings. The van der Waals surface area contributed by atoms with Crippen LogP contribution in [0.15, 0.2) is 65.2 Å². The summed E-state index contributed by atoms with van der Waals surface area (Å²) in [5.74, 6) is -0.812. The second-order valence-electron chi connectivity index (χ2n) is 8.46. The van der Waals surface area contributed by atoms with Crippen molar-refractivity contribution in [3.63, 3.8) is 0 Å². The van der Waals surface area contributed by atoms with Gasteiger partial charge >= 0.3 is 0 Å². The van der Waals surface area contributed by atoms with E-state index >= 15 is 0 Å². The van der Waals surface area contributed by atoms with Crippen molar-refractivity contribution in [3.8, 4) is 0 Å². The van der Waals surface area contributed by atoms with E-state index in [1.807, 2.05) is 24.3 Å². The Labute approximate surface area is 185 Å². The number of anilines is 1. The van der Waals surface area contributed by atoms with Crippen molar-refractivity contribution in [1.82, 2.24) is 10.2 Å². The molecular formula is C25H24FN3O3. The Morgan fingerprint density at radius 3 is 2.88 bits per heavy atom. The lowest BCUT2D eigenvalue weighted by atomic mass is 9.87. The van der Waals surface area contributed by atoms with Gasteiger partial charge < -0.3 is 20.0 Å². The Morgan fingerprint density at radius 1 is 1.19 bits per heavy atom. The van der Waals surface area contributed by atoms with E-state index in [1.165, 1.54) is 12.1 Å². The lowest BCUT2D eigenvalue weighted by molar-refractivity contribution is -0.134. The molecule has 2 N–H and O–H groups in total.